The first-order chi connectivity index (χ1) is 12.3. The highest BCUT2D eigenvalue weighted by molar-refractivity contribution is 5.48. The highest BCUT2D eigenvalue weighted by Gasteiger charge is 2.21. The second-order valence-electron chi connectivity index (χ2n) is 6.64. The summed E-state index contributed by atoms with van der Waals surface area (Å²) >= 11 is 0. The summed E-state index contributed by atoms with van der Waals surface area (Å²) in [7, 11) is 0. The van der Waals surface area contributed by atoms with Crippen molar-refractivity contribution >= 4 is 5.82 Å². The standard InChI is InChI=1S/C21H24N4/c1-18-16-21(25(22-18)20-10-6-3-7-11-20)24-14-12-23(13-15-24)17-19-8-4-2-5-9-19/h2-11,16H,12-15,17H2,1H3. The molecule has 0 aliphatic carbocycles. The number of para-hydroxylation sites is 1. The van der Waals surface area contributed by atoms with Crippen LogP contribution in [-0.4, -0.2) is 40.9 Å². The van der Waals surface area contributed by atoms with Crippen LogP contribution in [0.25, 0.3) is 5.69 Å². The lowest BCUT2D eigenvalue weighted by Gasteiger charge is -2.36. The highest BCUT2D eigenvalue weighted by atomic mass is 15.4. The van der Waals surface area contributed by atoms with Crippen LogP contribution in [0.1, 0.15) is 11.3 Å². The van der Waals surface area contributed by atoms with Gasteiger partial charge in [-0.1, -0.05) is 48.5 Å². The van der Waals surface area contributed by atoms with Crippen LogP contribution in [0.4, 0.5) is 5.82 Å². The summed E-state index contributed by atoms with van der Waals surface area (Å²) in [6.07, 6.45) is 0. The van der Waals surface area contributed by atoms with Crippen LogP contribution < -0.4 is 4.90 Å². The van der Waals surface area contributed by atoms with E-state index < -0.39 is 0 Å². The third kappa shape index (κ3) is 3.59. The Morgan fingerprint density at radius 2 is 1.48 bits per heavy atom. The number of hydrogen-bond acceptors (Lipinski definition) is 3. The van der Waals surface area contributed by atoms with Crippen LogP contribution in [-0.2, 0) is 6.54 Å². The first kappa shape index (κ1) is 15.9. The van der Waals surface area contributed by atoms with Gasteiger partial charge in [-0.05, 0) is 24.6 Å². The zero-order valence-electron chi connectivity index (χ0n) is 14.7. The molecule has 4 rings (SSSR count). The summed E-state index contributed by atoms with van der Waals surface area (Å²) in [5.74, 6) is 1.20. The predicted octanol–water partition coefficient (Wildman–Crippen LogP) is 3.50. The van der Waals surface area contributed by atoms with E-state index in [1.54, 1.807) is 0 Å². The second-order valence-corrected chi connectivity index (χ2v) is 6.64. The molecule has 0 N–H and O–H groups in total. The summed E-state index contributed by atoms with van der Waals surface area (Å²) in [6, 6.07) is 23.3. The zero-order chi connectivity index (χ0) is 17.1. The van der Waals surface area contributed by atoms with Gasteiger partial charge in [-0.15, -0.1) is 0 Å². The fraction of sp³-hybridized carbons (Fsp3) is 0.286. The molecule has 0 spiro atoms. The molecule has 1 fully saturated rings. The van der Waals surface area contributed by atoms with Gasteiger partial charge in [-0.25, -0.2) is 4.68 Å². The maximum Gasteiger partial charge on any atom is 0.132 e. The molecule has 4 nitrogen and oxygen atoms in total. The maximum absolute atomic E-state index is 4.70. The maximum atomic E-state index is 4.70. The molecule has 1 saturated heterocycles. The largest absolute Gasteiger partial charge is 0.354 e. The number of benzene rings is 2. The Bertz CT molecular complexity index is 802. The lowest BCUT2D eigenvalue weighted by Crippen LogP contribution is -2.46. The Balaban J connectivity index is 1.46. The monoisotopic (exact) mass is 332 g/mol. The van der Waals surface area contributed by atoms with Gasteiger partial charge in [0.1, 0.15) is 5.82 Å². The van der Waals surface area contributed by atoms with E-state index in [0.29, 0.717) is 0 Å². The smallest absolute Gasteiger partial charge is 0.132 e. The quantitative estimate of drug-likeness (QED) is 0.731. The Morgan fingerprint density at radius 3 is 2.16 bits per heavy atom. The number of anilines is 1. The fourth-order valence-electron chi connectivity index (χ4n) is 3.45. The van der Waals surface area contributed by atoms with Crippen LogP contribution >= 0.6 is 0 Å². The van der Waals surface area contributed by atoms with Gasteiger partial charge in [-0.3, -0.25) is 4.90 Å². The molecule has 2 heterocycles. The lowest BCUT2D eigenvalue weighted by molar-refractivity contribution is 0.249. The molecule has 1 aliphatic rings. The molecule has 2 aromatic carbocycles. The SMILES string of the molecule is Cc1cc(N2CCN(Cc3ccccc3)CC2)n(-c2ccccc2)n1. The molecule has 4 heteroatoms. The summed E-state index contributed by atoms with van der Waals surface area (Å²) in [6.45, 7) is 7.32. The van der Waals surface area contributed by atoms with Gasteiger partial charge in [0.05, 0.1) is 11.4 Å². The van der Waals surface area contributed by atoms with Crippen molar-refractivity contribution in [2.75, 3.05) is 31.1 Å². The Morgan fingerprint density at radius 1 is 0.840 bits per heavy atom. The van der Waals surface area contributed by atoms with Crippen molar-refractivity contribution in [2.24, 2.45) is 0 Å². The zero-order valence-corrected chi connectivity index (χ0v) is 14.7. The summed E-state index contributed by atoms with van der Waals surface area (Å²) in [5, 5.41) is 4.70. The molecule has 0 bridgehead atoms. The first-order valence-electron chi connectivity index (χ1n) is 8.93. The molecule has 1 aliphatic heterocycles. The number of aromatic nitrogens is 2. The van der Waals surface area contributed by atoms with Crippen LogP contribution in [0.5, 0.6) is 0 Å². The van der Waals surface area contributed by atoms with Crippen molar-refractivity contribution in [1.29, 1.82) is 0 Å². The Kier molecular flexibility index (Phi) is 4.53. The summed E-state index contributed by atoms with van der Waals surface area (Å²) < 4.78 is 2.07. The van der Waals surface area contributed by atoms with Gasteiger partial charge < -0.3 is 4.90 Å². The fourth-order valence-corrected chi connectivity index (χ4v) is 3.45. The van der Waals surface area contributed by atoms with Crippen LogP contribution in [0, 0.1) is 6.92 Å². The molecule has 25 heavy (non-hydrogen) atoms. The molecule has 0 atom stereocenters. The van der Waals surface area contributed by atoms with Crippen molar-refractivity contribution in [3.8, 4) is 5.69 Å². The van der Waals surface area contributed by atoms with Gasteiger partial charge in [0, 0.05) is 38.8 Å². The topological polar surface area (TPSA) is 24.3 Å². The number of piperazine rings is 1. The van der Waals surface area contributed by atoms with E-state index in [4.69, 9.17) is 5.10 Å². The van der Waals surface area contributed by atoms with Gasteiger partial charge in [0.2, 0.25) is 0 Å². The Hall–Kier alpha value is -2.59. The van der Waals surface area contributed by atoms with Crippen molar-refractivity contribution < 1.29 is 0 Å². The minimum Gasteiger partial charge on any atom is -0.354 e. The first-order valence-corrected chi connectivity index (χ1v) is 8.93. The van der Waals surface area contributed by atoms with Gasteiger partial charge >= 0.3 is 0 Å². The molecule has 0 saturated carbocycles. The van der Waals surface area contributed by atoms with Crippen LogP contribution in [0.2, 0.25) is 0 Å². The lowest BCUT2D eigenvalue weighted by atomic mass is 10.2. The van der Waals surface area contributed by atoms with E-state index in [1.807, 2.05) is 6.07 Å². The van der Waals surface area contributed by atoms with E-state index in [-0.39, 0.29) is 0 Å². The average Bonchev–Trinajstić information content (AvgIpc) is 3.06. The molecular weight excluding hydrogens is 308 g/mol. The number of hydrogen-bond donors (Lipinski definition) is 0. The van der Waals surface area contributed by atoms with Crippen molar-refractivity contribution in [1.82, 2.24) is 14.7 Å². The van der Waals surface area contributed by atoms with Crippen LogP contribution in [0.15, 0.2) is 66.7 Å². The molecule has 0 radical (unpaired) electrons. The third-order valence-corrected chi connectivity index (χ3v) is 4.76. The molecule has 0 amide bonds. The van der Waals surface area contributed by atoms with Crippen molar-refractivity contribution in [3.63, 3.8) is 0 Å². The van der Waals surface area contributed by atoms with Gasteiger partial charge in [0.15, 0.2) is 0 Å². The molecule has 1 aromatic heterocycles. The molecular formula is C21H24N4. The minimum absolute atomic E-state index is 1.03. The number of rotatable bonds is 4. The average molecular weight is 332 g/mol. The van der Waals surface area contributed by atoms with E-state index in [1.165, 1.54) is 11.4 Å². The number of aryl methyl sites for hydroxylation is 1. The van der Waals surface area contributed by atoms with Gasteiger partial charge in [0.25, 0.3) is 0 Å². The van der Waals surface area contributed by atoms with Gasteiger partial charge in [-0.2, -0.15) is 5.10 Å². The predicted molar refractivity (Wildman–Crippen MR) is 102 cm³/mol. The third-order valence-electron chi connectivity index (χ3n) is 4.76. The summed E-state index contributed by atoms with van der Waals surface area (Å²) in [4.78, 5) is 4.98. The number of nitrogens with zero attached hydrogens (tertiary/aromatic N) is 4. The normalized spacial score (nSPS) is 15.5. The van der Waals surface area contributed by atoms with Crippen molar-refractivity contribution in [2.45, 2.75) is 13.5 Å². The van der Waals surface area contributed by atoms with E-state index in [0.717, 1.165) is 44.1 Å². The Labute approximate surface area is 149 Å². The summed E-state index contributed by atoms with van der Waals surface area (Å²) in [5.41, 5.74) is 3.57. The van der Waals surface area contributed by atoms with E-state index >= 15 is 0 Å². The minimum atomic E-state index is 1.03. The highest BCUT2D eigenvalue weighted by Crippen LogP contribution is 2.22. The molecule has 3 aromatic rings. The molecule has 0 unspecified atom stereocenters. The van der Waals surface area contributed by atoms with E-state index in [9.17, 15) is 0 Å². The van der Waals surface area contributed by atoms with E-state index in [2.05, 4.69) is 82.1 Å². The molecule has 128 valence electrons. The second kappa shape index (κ2) is 7.11. The van der Waals surface area contributed by atoms with Crippen molar-refractivity contribution in [3.05, 3.63) is 78.0 Å². The van der Waals surface area contributed by atoms with Crippen LogP contribution in [0.3, 0.4) is 0 Å².